The topological polar surface area (TPSA) is 381 Å². The molecule has 0 bridgehead atoms. The standard InChI is InChI=1S/C40H65BN6O17/c41-47-29(40(63)64)23-24-42-30(48)19-15-25(36(55)56)44-32(50)21-17-27(38(59)60)46-34(52)22-18-28(39(61)62)45-33(51)20-16-26(37(57)58)43-31(49)13-11-9-7-5-3-1-2-4-6-8-10-12-14-35(53)54/h25-29,47H,1-24H2,(H,42,48)(H,43,49)(H,44,50)(H,45,51)(H,46,52)(H,53,54)(H,55,56)(H,57,58)(H,59,60)(H,61,62)(H,63,64)/t25-,26-,27-,28-,29-/m0/s1. The summed E-state index contributed by atoms with van der Waals surface area (Å²) in [6.07, 6.45) is 7.80. The van der Waals surface area contributed by atoms with Crippen LogP contribution in [0, 0.1) is 0 Å². The normalized spacial score (nSPS) is 13.2. The van der Waals surface area contributed by atoms with Crippen LogP contribution in [-0.2, 0) is 52.7 Å². The molecule has 0 spiro atoms. The third-order valence-corrected chi connectivity index (χ3v) is 9.97. The van der Waals surface area contributed by atoms with Crippen LogP contribution in [0.1, 0.15) is 148 Å². The Kier molecular flexibility index (Phi) is 31.5. The van der Waals surface area contributed by atoms with Crippen LogP contribution >= 0.6 is 0 Å². The van der Waals surface area contributed by atoms with Crippen LogP contribution in [0.25, 0.3) is 0 Å². The zero-order valence-electron chi connectivity index (χ0n) is 36.1. The van der Waals surface area contributed by atoms with Gasteiger partial charge in [-0.1, -0.05) is 64.2 Å². The number of carbonyl (C=O) groups is 11. The maximum Gasteiger partial charge on any atom is 0.326 e. The molecule has 24 heteroatoms. The zero-order chi connectivity index (χ0) is 48.5. The van der Waals surface area contributed by atoms with E-state index in [1.807, 2.05) is 5.23 Å². The van der Waals surface area contributed by atoms with Crippen LogP contribution < -0.4 is 31.8 Å². The van der Waals surface area contributed by atoms with E-state index in [1.54, 1.807) is 0 Å². The van der Waals surface area contributed by atoms with E-state index < -0.39 is 128 Å². The summed E-state index contributed by atoms with van der Waals surface area (Å²) in [5.41, 5.74) is 0. The van der Waals surface area contributed by atoms with E-state index in [4.69, 9.17) is 18.2 Å². The van der Waals surface area contributed by atoms with Crippen LogP contribution in [0.2, 0.25) is 0 Å². The molecule has 0 fully saturated rings. The summed E-state index contributed by atoms with van der Waals surface area (Å²) in [6.45, 7) is -0.0950. The first-order chi connectivity index (χ1) is 30.3. The van der Waals surface area contributed by atoms with E-state index >= 15 is 0 Å². The van der Waals surface area contributed by atoms with Crippen LogP contribution in [0.3, 0.4) is 0 Å². The van der Waals surface area contributed by atoms with Gasteiger partial charge in [0.25, 0.3) is 0 Å². The number of nitrogens with one attached hydrogen (secondary N) is 6. The summed E-state index contributed by atoms with van der Waals surface area (Å²) in [5.74, 6) is -11.9. The first kappa shape index (κ1) is 58.2. The fraction of sp³-hybridized carbons (Fsp3) is 0.725. The summed E-state index contributed by atoms with van der Waals surface area (Å²) in [5, 5.41) is 69.0. The van der Waals surface area contributed by atoms with E-state index in [0.29, 0.717) is 12.8 Å². The Morgan fingerprint density at radius 2 is 0.594 bits per heavy atom. The Hall–Kier alpha value is -5.81. The molecule has 12 N–H and O–H groups in total. The minimum absolute atomic E-state index is 0.0678. The predicted octanol–water partition coefficient (Wildman–Crippen LogP) is 0.563. The van der Waals surface area contributed by atoms with Crippen molar-refractivity contribution in [2.24, 2.45) is 0 Å². The predicted molar refractivity (Wildman–Crippen MR) is 225 cm³/mol. The molecule has 0 heterocycles. The Bertz CT molecular complexity index is 1550. The SMILES string of the molecule is [B]N[C@@H](CCNC(=O)CC[C@H](NC(=O)CC[C@H](NC(=O)CC[C@H](NC(=O)CC[C@H](NC(=O)CCCCCCCCCCCCCCC(=O)O)C(=O)O)C(=O)O)C(=O)O)C(=O)O)C(=O)O. The van der Waals surface area contributed by atoms with E-state index in [1.165, 1.54) is 0 Å². The number of carbonyl (C=O) groups excluding carboxylic acids is 5. The summed E-state index contributed by atoms with van der Waals surface area (Å²) < 4.78 is 0. The highest BCUT2D eigenvalue weighted by Gasteiger charge is 2.27. The van der Waals surface area contributed by atoms with Crippen molar-refractivity contribution in [2.45, 2.75) is 178 Å². The van der Waals surface area contributed by atoms with Gasteiger partial charge in [0.15, 0.2) is 7.98 Å². The quantitative estimate of drug-likeness (QED) is 0.0295. The third kappa shape index (κ3) is 30.3. The maximum atomic E-state index is 12.6. The number of unbranched alkanes of at least 4 members (excludes halogenated alkanes) is 11. The van der Waals surface area contributed by atoms with Crippen molar-refractivity contribution < 1.29 is 83.4 Å². The van der Waals surface area contributed by atoms with E-state index in [-0.39, 0.29) is 45.1 Å². The molecule has 0 saturated heterocycles. The fourth-order valence-electron chi connectivity index (χ4n) is 6.25. The number of hydrogen-bond donors (Lipinski definition) is 12. The van der Waals surface area contributed by atoms with Gasteiger partial charge in [-0.15, -0.1) is 0 Å². The van der Waals surface area contributed by atoms with Gasteiger partial charge in [0.05, 0.1) is 6.04 Å². The molecule has 5 amide bonds. The number of hydrogen-bond acceptors (Lipinski definition) is 12. The highest BCUT2D eigenvalue weighted by atomic mass is 16.4. The molecule has 64 heavy (non-hydrogen) atoms. The fourth-order valence-corrected chi connectivity index (χ4v) is 6.25. The number of amides is 5. The average Bonchev–Trinajstić information content (AvgIpc) is 3.21. The minimum Gasteiger partial charge on any atom is -0.481 e. The molecule has 0 aliphatic carbocycles. The lowest BCUT2D eigenvalue weighted by Crippen LogP contribution is -2.45. The molecule has 2 radical (unpaired) electrons. The molecule has 0 aliphatic rings. The number of carboxylic acids is 6. The molecular weight excluding hydrogens is 847 g/mol. The number of rotatable bonds is 40. The van der Waals surface area contributed by atoms with Gasteiger partial charge in [-0.3, -0.25) is 33.6 Å². The van der Waals surface area contributed by atoms with Crippen molar-refractivity contribution in [1.82, 2.24) is 31.8 Å². The molecule has 23 nitrogen and oxygen atoms in total. The monoisotopic (exact) mass is 912 g/mol. The molecular formula is C40H65BN6O17. The van der Waals surface area contributed by atoms with Crippen LogP contribution in [-0.4, -0.2) is 141 Å². The van der Waals surface area contributed by atoms with Crippen LogP contribution in [0.5, 0.6) is 0 Å². The Labute approximate surface area is 372 Å². The lowest BCUT2D eigenvalue weighted by molar-refractivity contribution is -0.144. The molecule has 0 aromatic rings. The van der Waals surface area contributed by atoms with Crippen molar-refractivity contribution in [2.75, 3.05) is 6.54 Å². The van der Waals surface area contributed by atoms with Crippen molar-refractivity contribution in [3.63, 3.8) is 0 Å². The van der Waals surface area contributed by atoms with E-state index in [0.717, 1.165) is 64.2 Å². The van der Waals surface area contributed by atoms with Gasteiger partial charge in [-0.2, -0.15) is 0 Å². The highest BCUT2D eigenvalue weighted by molar-refractivity contribution is 6.06. The lowest BCUT2D eigenvalue weighted by Gasteiger charge is -2.18. The summed E-state index contributed by atoms with van der Waals surface area (Å²) in [4.78, 5) is 130. The van der Waals surface area contributed by atoms with Gasteiger partial charge in [0.1, 0.15) is 24.2 Å². The van der Waals surface area contributed by atoms with Gasteiger partial charge in [-0.05, 0) is 44.9 Å². The van der Waals surface area contributed by atoms with Gasteiger partial charge < -0.3 is 62.5 Å². The highest BCUT2D eigenvalue weighted by Crippen LogP contribution is 2.14. The minimum atomic E-state index is -1.66. The molecule has 0 aliphatic heterocycles. The van der Waals surface area contributed by atoms with Gasteiger partial charge in [0.2, 0.25) is 29.5 Å². The second kappa shape index (κ2) is 34.7. The third-order valence-electron chi connectivity index (χ3n) is 9.97. The average molecular weight is 913 g/mol. The first-order valence-electron chi connectivity index (χ1n) is 21.5. The zero-order valence-corrected chi connectivity index (χ0v) is 36.1. The first-order valence-corrected chi connectivity index (χ1v) is 21.5. The lowest BCUT2D eigenvalue weighted by atomic mass is 10.0. The summed E-state index contributed by atoms with van der Waals surface area (Å²) >= 11 is 0. The Morgan fingerprint density at radius 1 is 0.328 bits per heavy atom. The Morgan fingerprint density at radius 3 is 0.875 bits per heavy atom. The van der Waals surface area contributed by atoms with Crippen molar-refractivity contribution >= 4 is 73.3 Å². The van der Waals surface area contributed by atoms with Crippen LogP contribution in [0.4, 0.5) is 0 Å². The largest absolute Gasteiger partial charge is 0.481 e. The smallest absolute Gasteiger partial charge is 0.326 e. The molecule has 0 aromatic heterocycles. The summed E-state index contributed by atoms with van der Waals surface area (Å²) in [7, 11) is 5.10. The van der Waals surface area contributed by atoms with Gasteiger partial charge >= 0.3 is 35.8 Å². The summed E-state index contributed by atoms with van der Waals surface area (Å²) in [6, 6.07) is -7.40. The molecule has 0 rings (SSSR count). The molecule has 0 saturated carbocycles. The number of carboxylic acid groups (broad SMARTS) is 6. The van der Waals surface area contributed by atoms with Crippen LogP contribution in [0.15, 0.2) is 0 Å². The van der Waals surface area contributed by atoms with E-state index in [2.05, 4.69) is 26.6 Å². The van der Waals surface area contributed by atoms with E-state index in [9.17, 15) is 73.2 Å². The van der Waals surface area contributed by atoms with Gasteiger partial charge in [-0.25, -0.2) is 19.2 Å². The maximum absolute atomic E-state index is 12.6. The van der Waals surface area contributed by atoms with Crippen molar-refractivity contribution in [3.05, 3.63) is 0 Å². The van der Waals surface area contributed by atoms with Crippen molar-refractivity contribution in [3.8, 4) is 0 Å². The number of aliphatic carboxylic acids is 6. The van der Waals surface area contributed by atoms with Crippen molar-refractivity contribution in [1.29, 1.82) is 0 Å². The molecule has 0 unspecified atom stereocenters. The molecule has 5 atom stereocenters. The Balaban J connectivity index is 4.65. The van der Waals surface area contributed by atoms with Gasteiger partial charge in [0, 0.05) is 45.1 Å². The molecule has 360 valence electrons. The second-order valence-corrected chi connectivity index (χ2v) is 15.3. The molecule has 0 aromatic carbocycles. The second-order valence-electron chi connectivity index (χ2n) is 15.3.